The molecule has 132 valence electrons. The van der Waals surface area contributed by atoms with Crippen molar-refractivity contribution in [3.63, 3.8) is 0 Å². The summed E-state index contributed by atoms with van der Waals surface area (Å²) >= 11 is 0. The van der Waals surface area contributed by atoms with Gasteiger partial charge in [0.25, 0.3) is 0 Å². The molecule has 0 aliphatic carbocycles. The van der Waals surface area contributed by atoms with Gasteiger partial charge in [-0.2, -0.15) is 0 Å². The van der Waals surface area contributed by atoms with Crippen molar-refractivity contribution in [1.82, 2.24) is 10.2 Å². The van der Waals surface area contributed by atoms with Crippen molar-refractivity contribution < 1.29 is 4.79 Å². The Bertz CT molecular complexity index is 790. The second-order valence-electron chi connectivity index (χ2n) is 6.41. The van der Waals surface area contributed by atoms with E-state index < -0.39 is 0 Å². The van der Waals surface area contributed by atoms with Crippen LogP contribution in [0.4, 0.5) is 4.79 Å². The molecule has 0 radical (unpaired) electrons. The maximum atomic E-state index is 12.9. The molecule has 0 fully saturated rings. The molecule has 0 aromatic heterocycles. The van der Waals surface area contributed by atoms with E-state index in [1.807, 2.05) is 83.8 Å². The molecule has 0 bridgehead atoms. The minimum atomic E-state index is -0.0547. The molecular weight excluding hydrogens is 320 g/mol. The fourth-order valence-electron chi connectivity index (χ4n) is 2.90. The minimum Gasteiger partial charge on any atom is -0.334 e. The van der Waals surface area contributed by atoms with Crippen molar-refractivity contribution in [2.75, 3.05) is 0 Å². The zero-order chi connectivity index (χ0) is 18.2. The summed E-state index contributed by atoms with van der Waals surface area (Å²) in [6, 6.07) is 28.2. The molecule has 3 nitrogen and oxygen atoms in total. The first-order valence-electron chi connectivity index (χ1n) is 8.87. The molecule has 2 amide bonds. The lowest BCUT2D eigenvalue weighted by atomic mass is 10.1. The van der Waals surface area contributed by atoms with E-state index in [4.69, 9.17) is 0 Å². The standard InChI is InChI=1S/C23H24N2O/c1-19-10-8-9-15-22(19)16-24-23(26)25(17-20-11-4-2-5-12-20)18-21-13-6-3-7-14-21/h2-15H,16-18H2,1H3,(H,24,26). The highest BCUT2D eigenvalue weighted by atomic mass is 16.2. The molecular formula is C23H24N2O. The van der Waals surface area contributed by atoms with Gasteiger partial charge in [0.2, 0.25) is 0 Å². The van der Waals surface area contributed by atoms with Gasteiger partial charge in [-0.15, -0.1) is 0 Å². The van der Waals surface area contributed by atoms with Crippen LogP contribution in [0.15, 0.2) is 84.9 Å². The van der Waals surface area contributed by atoms with Gasteiger partial charge >= 0.3 is 6.03 Å². The Balaban J connectivity index is 1.71. The Kier molecular flexibility index (Phi) is 6.05. The molecule has 1 N–H and O–H groups in total. The van der Waals surface area contributed by atoms with Gasteiger partial charge in [-0.3, -0.25) is 0 Å². The summed E-state index contributed by atoms with van der Waals surface area (Å²) in [6.07, 6.45) is 0. The van der Waals surface area contributed by atoms with Gasteiger partial charge in [-0.1, -0.05) is 84.9 Å². The highest BCUT2D eigenvalue weighted by Gasteiger charge is 2.14. The van der Waals surface area contributed by atoms with Crippen LogP contribution >= 0.6 is 0 Å². The zero-order valence-corrected chi connectivity index (χ0v) is 15.1. The lowest BCUT2D eigenvalue weighted by Crippen LogP contribution is -2.38. The Morgan fingerprint density at radius 1 is 0.769 bits per heavy atom. The number of nitrogens with zero attached hydrogens (tertiary/aromatic N) is 1. The number of carbonyl (C=O) groups excluding carboxylic acids is 1. The van der Waals surface area contributed by atoms with E-state index in [1.54, 1.807) is 0 Å². The summed E-state index contributed by atoms with van der Waals surface area (Å²) in [7, 11) is 0. The fourth-order valence-corrected chi connectivity index (χ4v) is 2.90. The minimum absolute atomic E-state index is 0.0547. The Morgan fingerprint density at radius 2 is 1.27 bits per heavy atom. The van der Waals surface area contributed by atoms with E-state index in [0.717, 1.165) is 16.7 Å². The van der Waals surface area contributed by atoms with Crippen LogP contribution in [-0.4, -0.2) is 10.9 Å². The number of hydrogen-bond acceptors (Lipinski definition) is 1. The van der Waals surface area contributed by atoms with Crippen LogP contribution in [0.3, 0.4) is 0 Å². The molecule has 0 saturated carbocycles. The average Bonchev–Trinajstić information content (AvgIpc) is 2.68. The van der Waals surface area contributed by atoms with Crippen molar-refractivity contribution in [2.45, 2.75) is 26.6 Å². The second kappa shape index (κ2) is 8.86. The van der Waals surface area contributed by atoms with Gasteiger partial charge in [0.1, 0.15) is 0 Å². The van der Waals surface area contributed by atoms with Crippen LogP contribution in [0, 0.1) is 6.92 Å². The number of rotatable bonds is 6. The van der Waals surface area contributed by atoms with Gasteiger partial charge in [-0.25, -0.2) is 4.79 Å². The third-order valence-corrected chi connectivity index (χ3v) is 4.41. The zero-order valence-electron chi connectivity index (χ0n) is 15.1. The SMILES string of the molecule is Cc1ccccc1CNC(=O)N(Cc1ccccc1)Cc1ccccc1. The first-order valence-corrected chi connectivity index (χ1v) is 8.87. The highest BCUT2D eigenvalue weighted by molar-refractivity contribution is 5.74. The topological polar surface area (TPSA) is 32.3 Å². The van der Waals surface area contributed by atoms with Crippen molar-refractivity contribution in [2.24, 2.45) is 0 Å². The molecule has 3 aromatic carbocycles. The third kappa shape index (κ3) is 4.96. The highest BCUT2D eigenvalue weighted by Crippen LogP contribution is 2.11. The van der Waals surface area contributed by atoms with Crippen LogP contribution < -0.4 is 5.32 Å². The first kappa shape index (κ1) is 17.7. The number of benzene rings is 3. The normalized spacial score (nSPS) is 10.3. The maximum absolute atomic E-state index is 12.9. The van der Waals surface area contributed by atoms with E-state index in [2.05, 4.69) is 18.3 Å². The Morgan fingerprint density at radius 3 is 1.81 bits per heavy atom. The molecule has 0 saturated heterocycles. The molecule has 0 heterocycles. The van der Waals surface area contributed by atoms with Gasteiger partial charge in [0.05, 0.1) is 0 Å². The van der Waals surface area contributed by atoms with Crippen LogP contribution in [0.2, 0.25) is 0 Å². The smallest absolute Gasteiger partial charge is 0.318 e. The molecule has 0 aliphatic heterocycles. The first-order chi connectivity index (χ1) is 12.7. The quantitative estimate of drug-likeness (QED) is 0.677. The predicted octanol–water partition coefficient (Wildman–Crippen LogP) is 4.91. The van der Waals surface area contributed by atoms with Crippen LogP contribution in [0.5, 0.6) is 0 Å². The Hall–Kier alpha value is -3.07. The molecule has 3 heteroatoms. The number of carbonyl (C=O) groups is 1. The molecule has 26 heavy (non-hydrogen) atoms. The summed E-state index contributed by atoms with van der Waals surface area (Å²) in [5, 5.41) is 3.07. The summed E-state index contributed by atoms with van der Waals surface area (Å²) in [4.78, 5) is 14.7. The van der Waals surface area contributed by atoms with Crippen molar-refractivity contribution in [3.05, 3.63) is 107 Å². The fraction of sp³-hybridized carbons (Fsp3) is 0.174. The second-order valence-corrected chi connectivity index (χ2v) is 6.41. The van der Waals surface area contributed by atoms with Gasteiger partial charge in [-0.05, 0) is 29.2 Å². The summed E-state index contributed by atoms with van der Waals surface area (Å²) in [6.45, 7) is 3.75. The molecule has 0 spiro atoms. The lowest BCUT2D eigenvalue weighted by molar-refractivity contribution is 0.192. The van der Waals surface area contributed by atoms with Crippen molar-refractivity contribution in [1.29, 1.82) is 0 Å². The number of amides is 2. The summed E-state index contributed by atoms with van der Waals surface area (Å²) in [5.41, 5.74) is 4.56. The summed E-state index contributed by atoms with van der Waals surface area (Å²) in [5.74, 6) is 0. The van der Waals surface area contributed by atoms with Crippen LogP contribution in [-0.2, 0) is 19.6 Å². The lowest BCUT2D eigenvalue weighted by Gasteiger charge is -2.24. The van der Waals surface area contributed by atoms with Crippen molar-refractivity contribution in [3.8, 4) is 0 Å². The largest absolute Gasteiger partial charge is 0.334 e. The molecule has 3 aromatic rings. The number of urea groups is 1. The van der Waals surface area contributed by atoms with Crippen molar-refractivity contribution >= 4 is 6.03 Å². The van der Waals surface area contributed by atoms with E-state index in [9.17, 15) is 4.79 Å². The summed E-state index contributed by atoms with van der Waals surface area (Å²) < 4.78 is 0. The maximum Gasteiger partial charge on any atom is 0.318 e. The van der Waals surface area contributed by atoms with Crippen LogP contribution in [0.1, 0.15) is 22.3 Å². The number of aryl methyl sites for hydroxylation is 1. The monoisotopic (exact) mass is 344 g/mol. The number of hydrogen-bond donors (Lipinski definition) is 1. The molecule has 0 unspecified atom stereocenters. The van der Waals surface area contributed by atoms with E-state index in [-0.39, 0.29) is 6.03 Å². The van der Waals surface area contributed by atoms with Gasteiger partial charge in [0.15, 0.2) is 0 Å². The molecule has 0 aliphatic rings. The van der Waals surface area contributed by atoms with E-state index >= 15 is 0 Å². The van der Waals surface area contributed by atoms with Gasteiger partial charge < -0.3 is 10.2 Å². The molecule has 0 atom stereocenters. The average molecular weight is 344 g/mol. The van der Waals surface area contributed by atoms with Crippen LogP contribution in [0.25, 0.3) is 0 Å². The predicted molar refractivity (Wildman–Crippen MR) is 106 cm³/mol. The van der Waals surface area contributed by atoms with E-state index in [0.29, 0.717) is 19.6 Å². The molecule has 3 rings (SSSR count). The Labute approximate surface area is 155 Å². The van der Waals surface area contributed by atoms with E-state index in [1.165, 1.54) is 5.56 Å². The van der Waals surface area contributed by atoms with Gasteiger partial charge in [0, 0.05) is 19.6 Å². The number of nitrogens with one attached hydrogen (secondary N) is 1. The third-order valence-electron chi connectivity index (χ3n) is 4.41.